The molecule has 2 N–H and O–H groups in total. The topological polar surface area (TPSA) is 51.8 Å². The van der Waals surface area contributed by atoms with Crippen LogP contribution < -0.4 is 5.73 Å². The van der Waals surface area contributed by atoms with E-state index in [0.717, 1.165) is 5.82 Å². The van der Waals surface area contributed by atoms with Gasteiger partial charge in [-0.05, 0) is 19.4 Å². The highest BCUT2D eigenvalue weighted by Gasteiger charge is 2.25. The van der Waals surface area contributed by atoms with Crippen LogP contribution in [0.2, 0.25) is 0 Å². The third-order valence-corrected chi connectivity index (χ3v) is 2.73. The fourth-order valence-electron chi connectivity index (χ4n) is 1.64. The molecule has 0 aliphatic carbocycles. The second-order valence-electron chi connectivity index (χ2n) is 4.33. The molecule has 0 radical (unpaired) electrons. The van der Waals surface area contributed by atoms with Crippen molar-refractivity contribution in [1.82, 2.24) is 9.97 Å². The molecule has 0 aliphatic rings. The summed E-state index contributed by atoms with van der Waals surface area (Å²) in [4.78, 5) is 8.58. The van der Waals surface area contributed by atoms with Crippen LogP contribution in [0.15, 0.2) is 42.7 Å². The summed E-state index contributed by atoms with van der Waals surface area (Å²) in [5.41, 5.74) is 7.17. The number of aromatic nitrogens is 2. The number of hydrogen-bond acceptors (Lipinski definition) is 3. The van der Waals surface area contributed by atoms with Gasteiger partial charge in [0, 0.05) is 5.41 Å². The average molecular weight is 213 g/mol. The van der Waals surface area contributed by atoms with E-state index in [0.29, 0.717) is 5.69 Å². The summed E-state index contributed by atoms with van der Waals surface area (Å²) in [5, 5.41) is 0. The first kappa shape index (κ1) is 10.6. The zero-order valence-corrected chi connectivity index (χ0v) is 9.51. The predicted octanol–water partition coefficient (Wildman–Crippen LogP) is 2.38. The second kappa shape index (κ2) is 3.93. The highest BCUT2D eigenvalue weighted by atomic mass is 14.9. The Bertz CT molecular complexity index is 460. The van der Waals surface area contributed by atoms with Crippen LogP contribution in [0, 0.1) is 0 Å². The average Bonchev–Trinajstić information content (AvgIpc) is 2.31. The molecule has 0 atom stereocenters. The molecule has 2 rings (SSSR count). The smallest absolute Gasteiger partial charge is 0.138 e. The molecule has 0 unspecified atom stereocenters. The van der Waals surface area contributed by atoms with Gasteiger partial charge in [0.25, 0.3) is 0 Å². The molecule has 0 saturated carbocycles. The molecule has 0 aliphatic heterocycles. The van der Waals surface area contributed by atoms with Crippen molar-refractivity contribution < 1.29 is 0 Å². The van der Waals surface area contributed by atoms with Crippen molar-refractivity contribution in [2.75, 3.05) is 5.73 Å². The first-order valence-corrected chi connectivity index (χ1v) is 5.24. The molecule has 3 nitrogen and oxygen atoms in total. The fourth-order valence-corrected chi connectivity index (χ4v) is 1.64. The maximum atomic E-state index is 5.58. The summed E-state index contributed by atoms with van der Waals surface area (Å²) in [6, 6.07) is 10.2. The Morgan fingerprint density at radius 2 is 1.56 bits per heavy atom. The lowest BCUT2D eigenvalue weighted by Crippen LogP contribution is -2.22. The van der Waals surface area contributed by atoms with E-state index in [1.165, 1.54) is 5.56 Å². The summed E-state index contributed by atoms with van der Waals surface area (Å²) in [6.45, 7) is 4.21. The summed E-state index contributed by atoms with van der Waals surface area (Å²) in [5.74, 6) is 0.785. The zero-order chi connectivity index (χ0) is 11.6. The van der Waals surface area contributed by atoms with E-state index in [1.54, 1.807) is 12.4 Å². The van der Waals surface area contributed by atoms with Crippen molar-refractivity contribution in [3.05, 3.63) is 54.1 Å². The Balaban J connectivity index is 2.43. The molecule has 0 bridgehead atoms. The van der Waals surface area contributed by atoms with Crippen LogP contribution in [0.3, 0.4) is 0 Å². The van der Waals surface area contributed by atoms with Crippen molar-refractivity contribution in [3.63, 3.8) is 0 Å². The van der Waals surface area contributed by atoms with Crippen LogP contribution in [-0.2, 0) is 5.41 Å². The van der Waals surface area contributed by atoms with E-state index in [4.69, 9.17) is 5.73 Å². The number of anilines is 1. The van der Waals surface area contributed by atoms with Crippen LogP contribution in [0.4, 0.5) is 5.69 Å². The van der Waals surface area contributed by atoms with E-state index in [9.17, 15) is 0 Å². The molecule has 0 spiro atoms. The maximum absolute atomic E-state index is 5.58. The minimum Gasteiger partial charge on any atom is -0.396 e. The summed E-state index contributed by atoms with van der Waals surface area (Å²) >= 11 is 0. The molecule has 1 heterocycles. The number of nitrogens with zero attached hydrogens (tertiary/aromatic N) is 2. The normalized spacial score (nSPS) is 11.4. The number of benzene rings is 1. The number of hydrogen-bond donors (Lipinski definition) is 1. The lowest BCUT2D eigenvalue weighted by molar-refractivity contribution is 0.590. The van der Waals surface area contributed by atoms with E-state index in [2.05, 4.69) is 35.9 Å². The van der Waals surface area contributed by atoms with Gasteiger partial charge in [0.2, 0.25) is 0 Å². The summed E-state index contributed by atoms with van der Waals surface area (Å²) < 4.78 is 0. The molecule has 3 heteroatoms. The molecule has 0 fully saturated rings. The van der Waals surface area contributed by atoms with Gasteiger partial charge in [0.1, 0.15) is 5.82 Å². The molecule has 16 heavy (non-hydrogen) atoms. The standard InChI is InChI=1S/C13H15N3/c1-13(2,10-6-4-3-5-7-10)12-15-8-11(14)9-16-12/h3-9H,14H2,1-2H3. The fraction of sp³-hybridized carbons (Fsp3) is 0.231. The minimum atomic E-state index is -0.199. The SMILES string of the molecule is CC(C)(c1ccccc1)c1ncc(N)cn1. The molecular formula is C13H15N3. The van der Waals surface area contributed by atoms with Gasteiger partial charge >= 0.3 is 0 Å². The van der Waals surface area contributed by atoms with Gasteiger partial charge in [-0.2, -0.15) is 0 Å². The maximum Gasteiger partial charge on any atom is 0.138 e. The van der Waals surface area contributed by atoms with E-state index in [-0.39, 0.29) is 5.41 Å². The van der Waals surface area contributed by atoms with Gasteiger partial charge in [0.15, 0.2) is 0 Å². The van der Waals surface area contributed by atoms with Crippen LogP contribution in [0.5, 0.6) is 0 Å². The van der Waals surface area contributed by atoms with Crippen molar-refractivity contribution in [2.24, 2.45) is 0 Å². The van der Waals surface area contributed by atoms with E-state index < -0.39 is 0 Å². The van der Waals surface area contributed by atoms with Crippen LogP contribution in [0.1, 0.15) is 25.2 Å². The minimum absolute atomic E-state index is 0.199. The molecular weight excluding hydrogens is 198 g/mol. The van der Waals surface area contributed by atoms with Crippen LogP contribution in [-0.4, -0.2) is 9.97 Å². The predicted molar refractivity (Wildman–Crippen MR) is 65.0 cm³/mol. The molecule has 0 amide bonds. The van der Waals surface area contributed by atoms with Gasteiger partial charge in [-0.3, -0.25) is 0 Å². The van der Waals surface area contributed by atoms with Crippen molar-refractivity contribution in [3.8, 4) is 0 Å². The number of nitrogens with two attached hydrogens (primary N) is 1. The van der Waals surface area contributed by atoms with E-state index >= 15 is 0 Å². The first-order valence-electron chi connectivity index (χ1n) is 5.24. The summed E-state index contributed by atoms with van der Waals surface area (Å²) in [6.07, 6.45) is 3.29. The lowest BCUT2D eigenvalue weighted by atomic mass is 9.84. The van der Waals surface area contributed by atoms with Crippen molar-refractivity contribution in [2.45, 2.75) is 19.3 Å². The first-order chi connectivity index (χ1) is 7.60. The number of nitrogen functional groups attached to an aromatic ring is 1. The Morgan fingerprint density at radius 3 is 2.12 bits per heavy atom. The Morgan fingerprint density at radius 1 is 1.00 bits per heavy atom. The van der Waals surface area contributed by atoms with Crippen molar-refractivity contribution >= 4 is 5.69 Å². The lowest BCUT2D eigenvalue weighted by Gasteiger charge is -2.23. The molecule has 82 valence electrons. The highest BCUT2D eigenvalue weighted by Crippen LogP contribution is 2.28. The molecule has 0 saturated heterocycles. The molecule has 2 aromatic rings. The largest absolute Gasteiger partial charge is 0.396 e. The third kappa shape index (κ3) is 1.89. The highest BCUT2D eigenvalue weighted by molar-refractivity contribution is 5.35. The van der Waals surface area contributed by atoms with Gasteiger partial charge in [-0.1, -0.05) is 30.3 Å². The monoisotopic (exact) mass is 213 g/mol. The molecule has 1 aromatic carbocycles. The van der Waals surface area contributed by atoms with Crippen molar-refractivity contribution in [1.29, 1.82) is 0 Å². The quantitative estimate of drug-likeness (QED) is 0.833. The van der Waals surface area contributed by atoms with Gasteiger partial charge in [-0.25, -0.2) is 9.97 Å². The van der Waals surface area contributed by atoms with Gasteiger partial charge < -0.3 is 5.73 Å². The van der Waals surface area contributed by atoms with Crippen LogP contribution >= 0.6 is 0 Å². The Hall–Kier alpha value is -1.90. The Kier molecular flexibility index (Phi) is 2.60. The van der Waals surface area contributed by atoms with Crippen LogP contribution in [0.25, 0.3) is 0 Å². The zero-order valence-electron chi connectivity index (χ0n) is 9.51. The second-order valence-corrected chi connectivity index (χ2v) is 4.33. The van der Waals surface area contributed by atoms with E-state index in [1.807, 2.05) is 18.2 Å². The Labute approximate surface area is 95.4 Å². The van der Waals surface area contributed by atoms with Gasteiger partial charge in [0.05, 0.1) is 18.1 Å². The summed E-state index contributed by atoms with van der Waals surface area (Å²) in [7, 11) is 0. The third-order valence-electron chi connectivity index (χ3n) is 2.73. The van der Waals surface area contributed by atoms with Gasteiger partial charge in [-0.15, -0.1) is 0 Å². The molecule has 1 aromatic heterocycles. The number of rotatable bonds is 2.